The first-order valence-electron chi connectivity index (χ1n) is 7.43. The molecule has 2 unspecified atom stereocenters. The summed E-state index contributed by atoms with van der Waals surface area (Å²) in [5.74, 6) is -0.450. The number of hydrogen-bond donors (Lipinski definition) is 2. The fourth-order valence-corrected chi connectivity index (χ4v) is 2.68. The molecule has 2 atom stereocenters. The van der Waals surface area contributed by atoms with Crippen LogP contribution in [0.25, 0.3) is 0 Å². The van der Waals surface area contributed by atoms with Gasteiger partial charge in [0, 0.05) is 25.2 Å². The predicted molar refractivity (Wildman–Crippen MR) is 75.6 cm³/mol. The minimum Gasteiger partial charge on any atom is -0.480 e. The smallest absolute Gasteiger partial charge is 0.323 e. The molecule has 0 radical (unpaired) electrons. The number of carboxylic acids is 1. The van der Waals surface area contributed by atoms with Crippen LogP contribution < -0.4 is 5.32 Å². The number of carbonyl (C=O) groups excluding carboxylic acids is 1. The molecule has 2 aliphatic rings. The van der Waals surface area contributed by atoms with Gasteiger partial charge in [0.2, 0.25) is 0 Å². The van der Waals surface area contributed by atoms with Crippen molar-refractivity contribution in [3.8, 4) is 0 Å². The number of rotatable bonds is 5. The van der Waals surface area contributed by atoms with E-state index in [1.54, 1.807) is 0 Å². The summed E-state index contributed by atoms with van der Waals surface area (Å²) >= 11 is 0. The molecular weight excluding hydrogens is 258 g/mol. The topological polar surface area (TPSA) is 72.9 Å². The second-order valence-corrected chi connectivity index (χ2v) is 6.22. The summed E-state index contributed by atoms with van der Waals surface area (Å²) in [7, 11) is 2.09. The molecule has 6 heteroatoms. The highest BCUT2D eigenvalue weighted by molar-refractivity contribution is 5.80. The molecule has 6 nitrogen and oxygen atoms in total. The highest BCUT2D eigenvalue weighted by Crippen LogP contribution is 2.29. The molecule has 2 fully saturated rings. The van der Waals surface area contributed by atoms with Crippen LogP contribution >= 0.6 is 0 Å². The number of likely N-dealkylation sites (tertiary alicyclic amines) is 1. The molecule has 1 aliphatic carbocycles. The van der Waals surface area contributed by atoms with E-state index in [4.69, 9.17) is 5.11 Å². The van der Waals surface area contributed by atoms with Crippen molar-refractivity contribution in [2.24, 2.45) is 5.92 Å². The lowest BCUT2D eigenvalue weighted by atomic mass is 9.99. The standard InChI is InChI=1S/C14H25N3O3/c1-10-7-12(5-6-16(10)2)15-14(20)17(9-13(18)19)8-11-3-4-11/h10-12H,3-9H2,1-2H3,(H,15,20)(H,18,19). The molecule has 0 bridgehead atoms. The predicted octanol–water partition coefficient (Wildman–Crippen LogP) is 0.975. The zero-order valence-corrected chi connectivity index (χ0v) is 12.3. The number of nitrogens with one attached hydrogen (secondary N) is 1. The van der Waals surface area contributed by atoms with Crippen LogP contribution in [0.2, 0.25) is 0 Å². The first-order valence-corrected chi connectivity index (χ1v) is 7.43. The maximum Gasteiger partial charge on any atom is 0.323 e. The number of piperidine rings is 1. The molecular formula is C14H25N3O3. The van der Waals surface area contributed by atoms with Crippen LogP contribution in [-0.2, 0) is 4.79 Å². The Hall–Kier alpha value is -1.30. The van der Waals surface area contributed by atoms with Crippen LogP contribution in [0.3, 0.4) is 0 Å². The molecule has 2 rings (SSSR count). The van der Waals surface area contributed by atoms with E-state index >= 15 is 0 Å². The fraction of sp³-hybridized carbons (Fsp3) is 0.857. The van der Waals surface area contributed by atoms with E-state index < -0.39 is 5.97 Å². The quantitative estimate of drug-likeness (QED) is 0.789. The lowest BCUT2D eigenvalue weighted by Gasteiger charge is -2.36. The summed E-state index contributed by atoms with van der Waals surface area (Å²) in [5, 5.41) is 11.9. The van der Waals surface area contributed by atoms with Crippen LogP contribution in [0.1, 0.15) is 32.6 Å². The summed E-state index contributed by atoms with van der Waals surface area (Å²) in [6.45, 7) is 3.48. The molecule has 0 aromatic rings. The van der Waals surface area contributed by atoms with E-state index in [2.05, 4.69) is 24.2 Å². The Labute approximate surface area is 120 Å². The van der Waals surface area contributed by atoms with Gasteiger partial charge in [0.25, 0.3) is 0 Å². The van der Waals surface area contributed by atoms with Gasteiger partial charge in [-0.25, -0.2) is 4.79 Å². The normalized spacial score (nSPS) is 27.1. The molecule has 1 saturated carbocycles. The van der Waals surface area contributed by atoms with Crippen LogP contribution in [0, 0.1) is 5.92 Å². The second kappa shape index (κ2) is 6.43. The Morgan fingerprint density at radius 3 is 2.60 bits per heavy atom. The zero-order valence-electron chi connectivity index (χ0n) is 12.3. The third kappa shape index (κ3) is 4.37. The molecule has 0 aromatic carbocycles. The van der Waals surface area contributed by atoms with Crippen molar-refractivity contribution in [3.05, 3.63) is 0 Å². The van der Waals surface area contributed by atoms with Crippen LogP contribution in [-0.4, -0.2) is 65.7 Å². The van der Waals surface area contributed by atoms with Gasteiger partial charge >= 0.3 is 12.0 Å². The van der Waals surface area contributed by atoms with Gasteiger partial charge in [-0.3, -0.25) is 4.79 Å². The van der Waals surface area contributed by atoms with Gasteiger partial charge < -0.3 is 20.2 Å². The fourth-order valence-electron chi connectivity index (χ4n) is 2.68. The number of nitrogens with zero attached hydrogens (tertiary/aromatic N) is 2. The van der Waals surface area contributed by atoms with Crippen LogP contribution in [0.5, 0.6) is 0 Å². The lowest BCUT2D eigenvalue weighted by Crippen LogP contribution is -2.52. The van der Waals surface area contributed by atoms with Crippen LogP contribution in [0.15, 0.2) is 0 Å². The van der Waals surface area contributed by atoms with Crippen molar-refractivity contribution < 1.29 is 14.7 Å². The average molecular weight is 283 g/mol. The second-order valence-electron chi connectivity index (χ2n) is 6.22. The summed E-state index contributed by atoms with van der Waals surface area (Å²) in [6, 6.07) is 0.385. The first-order chi connectivity index (χ1) is 9.45. The van der Waals surface area contributed by atoms with E-state index in [1.165, 1.54) is 4.90 Å². The number of amides is 2. The summed E-state index contributed by atoms with van der Waals surface area (Å²) in [6.07, 6.45) is 4.06. The van der Waals surface area contributed by atoms with E-state index in [9.17, 15) is 9.59 Å². The van der Waals surface area contributed by atoms with Gasteiger partial charge in [-0.2, -0.15) is 0 Å². The van der Waals surface area contributed by atoms with E-state index in [1.807, 2.05) is 0 Å². The molecule has 1 saturated heterocycles. The largest absolute Gasteiger partial charge is 0.480 e. The van der Waals surface area contributed by atoms with Crippen molar-refractivity contribution in [3.63, 3.8) is 0 Å². The van der Waals surface area contributed by atoms with Crippen molar-refractivity contribution in [2.45, 2.75) is 44.7 Å². The van der Waals surface area contributed by atoms with Gasteiger partial charge in [0.1, 0.15) is 6.54 Å². The van der Waals surface area contributed by atoms with Gasteiger partial charge in [-0.05, 0) is 45.6 Å². The Balaban J connectivity index is 1.85. The number of carboxylic acid groups (broad SMARTS) is 1. The third-order valence-electron chi connectivity index (χ3n) is 4.32. The van der Waals surface area contributed by atoms with Crippen molar-refractivity contribution >= 4 is 12.0 Å². The Morgan fingerprint density at radius 2 is 2.05 bits per heavy atom. The van der Waals surface area contributed by atoms with Crippen LogP contribution in [0.4, 0.5) is 4.79 Å². The van der Waals surface area contributed by atoms with Gasteiger partial charge in [0.15, 0.2) is 0 Å². The summed E-state index contributed by atoms with van der Waals surface area (Å²) < 4.78 is 0. The maximum absolute atomic E-state index is 12.2. The first kappa shape index (κ1) is 15.1. The van der Waals surface area contributed by atoms with E-state index in [0.717, 1.165) is 32.2 Å². The van der Waals surface area contributed by atoms with Crippen molar-refractivity contribution in [2.75, 3.05) is 26.7 Å². The zero-order chi connectivity index (χ0) is 14.7. The highest BCUT2D eigenvalue weighted by atomic mass is 16.4. The number of hydrogen-bond acceptors (Lipinski definition) is 3. The molecule has 114 valence electrons. The van der Waals surface area contributed by atoms with Gasteiger partial charge in [-0.1, -0.05) is 0 Å². The number of carbonyl (C=O) groups is 2. The Morgan fingerprint density at radius 1 is 1.35 bits per heavy atom. The third-order valence-corrected chi connectivity index (χ3v) is 4.32. The Kier molecular flexibility index (Phi) is 4.86. The van der Waals surface area contributed by atoms with E-state index in [-0.39, 0.29) is 18.6 Å². The van der Waals surface area contributed by atoms with Crippen molar-refractivity contribution in [1.82, 2.24) is 15.1 Å². The summed E-state index contributed by atoms with van der Waals surface area (Å²) in [5.41, 5.74) is 0. The molecule has 20 heavy (non-hydrogen) atoms. The molecule has 1 aliphatic heterocycles. The molecule has 0 aromatic heterocycles. The number of urea groups is 1. The van der Waals surface area contributed by atoms with Gasteiger partial charge in [-0.15, -0.1) is 0 Å². The molecule has 0 spiro atoms. The molecule has 1 heterocycles. The maximum atomic E-state index is 12.2. The molecule has 2 amide bonds. The highest BCUT2D eigenvalue weighted by Gasteiger charge is 2.30. The average Bonchev–Trinajstić information content (AvgIpc) is 3.16. The number of aliphatic carboxylic acids is 1. The van der Waals surface area contributed by atoms with Gasteiger partial charge in [0.05, 0.1) is 0 Å². The SMILES string of the molecule is CC1CC(NC(=O)N(CC(=O)O)CC2CC2)CCN1C. The lowest BCUT2D eigenvalue weighted by molar-refractivity contribution is -0.137. The van der Waals surface area contributed by atoms with Crippen molar-refractivity contribution in [1.29, 1.82) is 0 Å². The monoisotopic (exact) mass is 283 g/mol. The molecule has 2 N–H and O–H groups in total. The minimum atomic E-state index is -0.947. The Bertz CT molecular complexity index is 371. The minimum absolute atomic E-state index is 0.157. The van der Waals surface area contributed by atoms with E-state index in [0.29, 0.717) is 18.5 Å². The summed E-state index contributed by atoms with van der Waals surface area (Å²) in [4.78, 5) is 26.8.